The SMILES string of the molecule is OCCn1cc(NCc2c3ccccc3cc3ccccc23)cn1. The summed E-state index contributed by atoms with van der Waals surface area (Å²) in [6.45, 7) is 1.33. The van der Waals surface area contributed by atoms with E-state index in [1.54, 1.807) is 10.9 Å². The molecule has 2 N–H and O–H groups in total. The average Bonchev–Trinajstić information content (AvgIpc) is 3.06. The van der Waals surface area contributed by atoms with Gasteiger partial charge in [-0.2, -0.15) is 5.10 Å². The van der Waals surface area contributed by atoms with E-state index in [9.17, 15) is 0 Å². The summed E-state index contributed by atoms with van der Waals surface area (Å²) < 4.78 is 1.74. The maximum Gasteiger partial charge on any atom is 0.0729 e. The van der Waals surface area contributed by atoms with Crippen LogP contribution in [-0.2, 0) is 13.1 Å². The van der Waals surface area contributed by atoms with Gasteiger partial charge in [-0.3, -0.25) is 4.68 Å². The highest BCUT2D eigenvalue weighted by Gasteiger charge is 2.07. The highest BCUT2D eigenvalue weighted by molar-refractivity contribution is 6.02. The molecule has 0 bridgehead atoms. The van der Waals surface area contributed by atoms with Crippen LogP contribution in [0.4, 0.5) is 5.69 Å². The van der Waals surface area contributed by atoms with Crippen molar-refractivity contribution in [1.29, 1.82) is 0 Å². The van der Waals surface area contributed by atoms with Crippen LogP contribution in [0.5, 0.6) is 0 Å². The molecule has 24 heavy (non-hydrogen) atoms. The number of hydrogen-bond acceptors (Lipinski definition) is 3. The Morgan fingerprint density at radius 3 is 2.29 bits per heavy atom. The van der Waals surface area contributed by atoms with Gasteiger partial charge in [-0.1, -0.05) is 48.5 Å². The summed E-state index contributed by atoms with van der Waals surface area (Å²) in [6.07, 6.45) is 3.71. The zero-order valence-electron chi connectivity index (χ0n) is 13.3. The highest BCUT2D eigenvalue weighted by atomic mass is 16.3. The molecule has 0 aliphatic rings. The molecule has 0 saturated heterocycles. The van der Waals surface area contributed by atoms with Crippen LogP contribution in [0.15, 0.2) is 67.0 Å². The van der Waals surface area contributed by atoms with Crippen molar-refractivity contribution in [2.45, 2.75) is 13.1 Å². The van der Waals surface area contributed by atoms with Crippen molar-refractivity contribution in [2.24, 2.45) is 0 Å². The normalized spacial score (nSPS) is 11.2. The van der Waals surface area contributed by atoms with Crippen LogP contribution in [0, 0.1) is 0 Å². The molecule has 0 radical (unpaired) electrons. The Hall–Kier alpha value is -2.85. The number of aromatic nitrogens is 2. The average molecular weight is 317 g/mol. The van der Waals surface area contributed by atoms with Crippen LogP contribution in [0.2, 0.25) is 0 Å². The molecule has 0 fully saturated rings. The second-order valence-electron chi connectivity index (χ2n) is 5.87. The minimum absolute atomic E-state index is 0.0923. The topological polar surface area (TPSA) is 50.1 Å². The second-order valence-corrected chi connectivity index (χ2v) is 5.87. The molecular formula is C20H19N3O. The zero-order chi connectivity index (χ0) is 16.4. The first-order chi connectivity index (χ1) is 11.8. The van der Waals surface area contributed by atoms with E-state index in [0.29, 0.717) is 6.54 Å². The van der Waals surface area contributed by atoms with Gasteiger partial charge in [-0.05, 0) is 33.2 Å². The molecule has 3 aromatic carbocycles. The van der Waals surface area contributed by atoms with E-state index < -0.39 is 0 Å². The van der Waals surface area contributed by atoms with Gasteiger partial charge in [0.05, 0.1) is 25.0 Å². The number of aliphatic hydroxyl groups is 1. The maximum atomic E-state index is 8.99. The number of rotatable bonds is 5. The monoisotopic (exact) mass is 317 g/mol. The van der Waals surface area contributed by atoms with E-state index in [0.717, 1.165) is 12.2 Å². The number of hydrogen-bond donors (Lipinski definition) is 2. The summed E-state index contributed by atoms with van der Waals surface area (Å²) in [4.78, 5) is 0. The predicted molar refractivity (Wildman–Crippen MR) is 98.1 cm³/mol. The largest absolute Gasteiger partial charge is 0.394 e. The Balaban J connectivity index is 1.73. The van der Waals surface area contributed by atoms with Gasteiger partial charge in [0, 0.05) is 12.7 Å². The predicted octanol–water partition coefficient (Wildman–Crippen LogP) is 3.79. The van der Waals surface area contributed by atoms with Gasteiger partial charge in [-0.15, -0.1) is 0 Å². The van der Waals surface area contributed by atoms with Crippen molar-refractivity contribution < 1.29 is 5.11 Å². The first-order valence-corrected chi connectivity index (χ1v) is 8.12. The van der Waals surface area contributed by atoms with Gasteiger partial charge >= 0.3 is 0 Å². The number of aliphatic hydroxyl groups excluding tert-OH is 1. The van der Waals surface area contributed by atoms with Gasteiger partial charge in [-0.25, -0.2) is 0 Å². The third-order valence-electron chi connectivity index (χ3n) is 4.31. The van der Waals surface area contributed by atoms with Crippen LogP contribution in [0.25, 0.3) is 21.5 Å². The van der Waals surface area contributed by atoms with Crippen LogP contribution in [-0.4, -0.2) is 21.5 Å². The number of nitrogens with zero attached hydrogens (tertiary/aromatic N) is 2. The number of fused-ring (bicyclic) bond motifs is 2. The fourth-order valence-corrected chi connectivity index (χ4v) is 3.17. The third kappa shape index (κ3) is 2.72. The van der Waals surface area contributed by atoms with Crippen molar-refractivity contribution >= 4 is 27.2 Å². The summed E-state index contributed by atoms with van der Waals surface area (Å²) in [5.41, 5.74) is 2.25. The lowest BCUT2D eigenvalue weighted by Gasteiger charge is -2.12. The van der Waals surface area contributed by atoms with Gasteiger partial charge in [0.15, 0.2) is 0 Å². The first-order valence-electron chi connectivity index (χ1n) is 8.12. The molecule has 0 atom stereocenters. The molecule has 4 rings (SSSR count). The number of nitrogens with one attached hydrogen (secondary N) is 1. The lowest BCUT2D eigenvalue weighted by Crippen LogP contribution is -2.02. The van der Waals surface area contributed by atoms with E-state index in [2.05, 4.69) is 65.0 Å². The molecule has 4 heteroatoms. The summed E-state index contributed by atoms with van der Waals surface area (Å²) >= 11 is 0. The van der Waals surface area contributed by atoms with Crippen molar-refractivity contribution in [3.63, 3.8) is 0 Å². The van der Waals surface area contributed by atoms with Crippen LogP contribution in [0.3, 0.4) is 0 Å². The Labute approximate surface area is 140 Å². The van der Waals surface area contributed by atoms with Crippen molar-refractivity contribution in [3.8, 4) is 0 Å². The second kappa shape index (κ2) is 6.34. The van der Waals surface area contributed by atoms with Crippen molar-refractivity contribution in [3.05, 3.63) is 72.6 Å². The molecule has 4 aromatic rings. The zero-order valence-corrected chi connectivity index (χ0v) is 13.3. The van der Waals surface area contributed by atoms with Gasteiger partial charge in [0.2, 0.25) is 0 Å². The Morgan fingerprint density at radius 1 is 0.958 bits per heavy atom. The Kier molecular flexibility index (Phi) is 3.89. The molecule has 0 unspecified atom stereocenters. The molecule has 0 amide bonds. The smallest absolute Gasteiger partial charge is 0.0729 e. The molecule has 0 saturated carbocycles. The summed E-state index contributed by atoms with van der Waals surface area (Å²) in [6, 6.07) is 19.2. The quantitative estimate of drug-likeness (QED) is 0.551. The lowest BCUT2D eigenvalue weighted by atomic mass is 9.97. The van der Waals surface area contributed by atoms with Crippen molar-refractivity contribution in [1.82, 2.24) is 9.78 Å². The van der Waals surface area contributed by atoms with Crippen LogP contribution < -0.4 is 5.32 Å². The Bertz CT molecular complexity index is 936. The van der Waals surface area contributed by atoms with Crippen LogP contribution >= 0.6 is 0 Å². The van der Waals surface area contributed by atoms with E-state index in [-0.39, 0.29) is 6.61 Å². The van der Waals surface area contributed by atoms with E-state index in [1.165, 1.54) is 27.1 Å². The van der Waals surface area contributed by atoms with Crippen LogP contribution in [0.1, 0.15) is 5.56 Å². The summed E-state index contributed by atoms with van der Waals surface area (Å²) in [5.74, 6) is 0. The molecule has 120 valence electrons. The molecule has 0 aliphatic carbocycles. The molecule has 0 aliphatic heterocycles. The fraction of sp³-hybridized carbons (Fsp3) is 0.150. The van der Waals surface area contributed by atoms with Gasteiger partial charge in [0.1, 0.15) is 0 Å². The molecule has 4 nitrogen and oxygen atoms in total. The number of anilines is 1. The maximum absolute atomic E-state index is 8.99. The Morgan fingerprint density at radius 2 is 1.62 bits per heavy atom. The van der Waals surface area contributed by atoms with Gasteiger partial charge < -0.3 is 10.4 Å². The van der Waals surface area contributed by atoms with E-state index in [4.69, 9.17) is 5.11 Å². The minimum atomic E-state index is 0.0923. The van der Waals surface area contributed by atoms with E-state index >= 15 is 0 Å². The minimum Gasteiger partial charge on any atom is -0.394 e. The standard InChI is InChI=1S/C20H19N3O/c24-10-9-23-14-17(12-22-23)21-13-20-18-7-3-1-5-15(18)11-16-6-2-4-8-19(16)20/h1-8,11-12,14,21,24H,9-10,13H2. The first kappa shape index (κ1) is 14.7. The van der Waals surface area contributed by atoms with E-state index in [1.807, 2.05) is 6.20 Å². The molecule has 1 aromatic heterocycles. The summed E-state index contributed by atoms with van der Waals surface area (Å²) in [7, 11) is 0. The molecule has 1 heterocycles. The lowest BCUT2D eigenvalue weighted by molar-refractivity contribution is 0.269. The molecule has 0 spiro atoms. The van der Waals surface area contributed by atoms with Gasteiger partial charge in [0.25, 0.3) is 0 Å². The summed E-state index contributed by atoms with van der Waals surface area (Å²) in [5, 5.41) is 21.7. The fourth-order valence-electron chi connectivity index (χ4n) is 3.17. The number of benzene rings is 3. The van der Waals surface area contributed by atoms with Crippen molar-refractivity contribution in [2.75, 3.05) is 11.9 Å². The molecular weight excluding hydrogens is 298 g/mol. The highest BCUT2D eigenvalue weighted by Crippen LogP contribution is 2.29. The third-order valence-corrected chi connectivity index (χ3v) is 4.31.